The first-order chi connectivity index (χ1) is 12.5. The van der Waals surface area contributed by atoms with Crippen molar-refractivity contribution in [1.29, 1.82) is 0 Å². The molecule has 0 aliphatic heterocycles. The molecule has 134 valence electrons. The molecule has 0 aliphatic rings. The number of nitrogens with one attached hydrogen (secondary N) is 3. The number of carbonyl (C=O) groups is 2. The van der Waals surface area contributed by atoms with Crippen LogP contribution in [0.4, 0.5) is 11.5 Å². The molecule has 0 radical (unpaired) electrons. The Morgan fingerprint density at radius 2 is 2.23 bits per heavy atom. The van der Waals surface area contributed by atoms with Crippen LogP contribution in [0.3, 0.4) is 0 Å². The first-order valence-corrected chi connectivity index (χ1v) is 7.29. The molecule has 3 aromatic rings. The molecule has 0 atom stereocenters. The molecule has 3 aromatic heterocycles. The highest BCUT2D eigenvalue weighted by atomic mass is 16.6. The number of aryl methyl sites for hydroxylation is 1. The molecule has 3 rings (SSSR count). The first kappa shape index (κ1) is 16.9. The number of carbonyl (C=O) groups excluding carboxylic acids is 2. The van der Waals surface area contributed by atoms with Gasteiger partial charge in [0.2, 0.25) is 0 Å². The van der Waals surface area contributed by atoms with Gasteiger partial charge in [-0.25, -0.2) is 0 Å². The van der Waals surface area contributed by atoms with Gasteiger partial charge in [-0.15, -0.1) is 5.10 Å². The lowest BCUT2D eigenvalue weighted by Crippen LogP contribution is -2.26. The fourth-order valence-corrected chi connectivity index (χ4v) is 2.17. The normalized spacial score (nSPS) is 10.5. The van der Waals surface area contributed by atoms with E-state index in [4.69, 9.17) is 4.42 Å². The van der Waals surface area contributed by atoms with Gasteiger partial charge >= 0.3 is 5.82 Å². The van der Waals surface area contributed by atoms with E-state index in [9.17, 15) is 19.7 Å². The van der Waals surface area contributed by atoms with E-state index in [0.29, 0.717) is 5.76 Å². The summed E-state index contributed by atoms with van der Waals surface area (Å²) >= 11 is 0. The van der Waals surface area contributed by atoms with Gasteiger partial charge in [-0.1, -0.05) is 5.10 Å². The molecule has 12 heteroatoms. The third-order valence-corrected chi connectivity index (χ3v) is 3.40. The number of aromatic nitrogens is 4. The monoisotopic (exact) mass is 359 g/mol. The van der Waals surface area contributed by atoms with E-state index in [0.717, 1.165) is 6.07 Å². The minimum absolute atomic E-state index is 0.106. The van der Waals surface area contributed by atoms with Crippen molar-refractivity contribution in [3.63, 3.8) is 0 Å². The molecule has 0 aliphatic carbocycles. The van der Waals surface area contributed by atoms with Gasteiger partial charge in [-0.3, -0.25) is 14.3 Å². The summed E-state index contributed by atoms with van der Waals surface area (Å²) in [6.45, 7) is 0.163. The standard InChI is InChI=1S/C14H13N7O5/c1-20-12(14(23)15-6-8-3-2-4-26-8)10(7-16-20)17-13(22)9-5-11(19-18-9)21(24)25/h2-5,7H,6H2,1H3,(H,15,23)(H,17,22)(H,18,19). The Hall–Kier alpha value is -3.96. The topological polar surface area (TPSA) is 161 Å². The van der Waals surface area contributed by atoms with Crippen LogP contribution in [0.2, 0.25) is 0 Å². The molecule has 3 N–H and O–H groups in total. The maximum atomic E-state index is 12.4. The van der Waals surface area contributed by atoms with E-state index in [2.05, 4.69) is 25.9 Å². The van der Waals surface area contributed by atoms with Gasteiger partial charge in [-0.05, 0) is 17.1 Å². The van der Waals surface area contributed by atoms with Crippen LogP contribution in [0.25, 0.3) is 0 Å². The number of amides is 2. The maximum absolute atomic E-state index is 12.4. The molecule has 0 saturated heterocycles. The number of nitro groups is 1. The second-order valence-corrected chi connectivity index (χ2v) is 5.14. The second-order valence-electron chi connectivity index (χ2n) is 5.14. The van der Waals surface area contributed by atoms with E-state index in [1.807, 2.05) is 0 Å². The van der Waals surface area contributed by atoms with Crippen LogP contribution < -0.4 is 10.6 Å². The molecule has 0 aromatic carbocycles. The summed E-state index contributed by atoms with van der Waals surface area (Å²) in [5.41, 5.74) is 0.0533. The number of aromatic amines is 1. The van der Waals surface area contributed by atoms with Crippen molar-refractivity contribution >= 4 is 23.3 Å². The Labute approximate surface area is 145 Å². The molecule has 12 nitrogen and oxygen atoms in total. The van der Waals surface area contributed by atoms with Crippen LogP contribution in [0.5, 0.6) is 0 Å². The third-order valence-electron chi connectivity index (χ3n) is 3.40. The predicted molar refractivity (Wildman–Crippen MR) is 86.3 cm³/mol. The molecule has 3 heterocycles. The highest BCUT2D eigenvalue weighted by molar-refractivity contribution is 6.07. The van der Waals surface area contributed by atoms with Gasteiger partial charge in [0.05, 0.1) is 30.8 Å². The number of furan rings is 1. The number of nitrogens with zero attached hydrogens (tertiary/aromatic N) is 4. The summed E-state index contributed by atoms with van der Waals surface area (Å²) < 4.78 is 6.42. The lowest BCUT2D eigenvalue weighted by molar-refractivity contribution is -0.389. The zero-order valence-corrected chi connectivity index (χ0v) is 13.4. The van der Waals surface area contributed by atoms with Gasteiger partial charge in [-0.2, -0.15) is 5.10 Å². The van der Waals surface area contributed by atoms with Crippen LogP contribution in [0, 0.1) is 10.1 Å². The number of hydrogen-bond acceptors (Lipinski definition) is 7. The van der Waals surface area contributed by atoms with Gasteiger partial charge in [0.1, 0.15) is 11.5 Å². The van der Waals surface area contributed by atoms with Crippen molar-refractivity contribution in [2.45, 2.75) is 6.54 Å². The van der Waals surface area contributed by atoms with Gasteiger partial charge in [0.15, 0.2) is 5.69 Å². The summed E-state index contributed by atoms with van der Waals surface area (Å²) in [5.74, 6) is -1.06. The van der Waals surface area contributed by atoms with Crippen LogP contribution in [0.1, 0.15) is 26.7 Å². The molecule has 2 amide bonds. The van der Waals surface area contributed by atoms with E-state index in [1.165, 1.54) is 24.2 Å². The Morgan fingerprint density at radius 3 is 2.88 bits per heavy atom. The van der Waals surface area contributed by atoms with Gasteiger partial charge in [0, 0.05) is 7.05 Å². The predicted octanol–water partition coefficient (Wildman–Crippen LogP) is 0.827. The Bertz CT molecular complexity index is 956. The van der Waals surface area contributed by atoms with Crippen LogP contribution in [0.15, 0.2) is 35.1 Å². The highest BCUT2D eigenvalue weighted by Gasteiger charge is 2.22. The summed E-state index contributed by atoms with van der Waals surface area (Å²) in [6.07, 6.45) is 2.78. The minimum Gasteiger partial charge on any atom is -0.467 e. The molecule has 0 unspecified atom stereocenters. The van der Waals surface area contributed by atoms with E-state index in [-0.39, 0.29) is 23.6 Å². The van der Waals surface area contributed by atoms with Gasteiger partial charge in [0.25, 0.3) is 11.8 Å². The van der Waals surface area contributed by atoms with Crippen molar-refractivity contribution in [2.75, 3.05) is 5.32 Å². The highest BCUT2D eigenvalue weighted by Crippen LogP contribution is 2.16. The zero-order valence-electron chi connectivity index (χ0n) is 13.4. The lowest BCUT2D eigenvalue weighted by atomic mass is 10.3. The van der Waals surface area contributed by atoms with E-state index in [1.54, 1.807) is 12.1 Å². The Morgan fingerprint density at radius 1 is 1.42 bits per heavy atom. The average molecular weight is 359 g/mol. The van der Waals surface area contributed by atoms with Crippen LogP contribution in [-0.2, 0) is 13.6 Å². The summed E-state index contributed by atoms with van der Waals surface area (Å²) in [7, 11) is 1.54. The summed E-state index contributed by atoms with van der Waals surface area (Å²) in [5, 5.41) is 25.4. The van der Waals surface area contributed by atoms with Crippen molar-refractivity contribution in [1.82, 2.24) is 25.3 Å². The van der Waals surface area contributed by atoms with Crippen LogP contribution >= 0.6 is 0 Å². The molecule has 0 saturated carbocycles. The Balaban J connectivity index is 1.73. The quantitative estimate of drug-likeness (QED) is 0.433. The number of rotatable bonds is 6. The van der Waals surface area contributed by atoms with Crippen molar-refractivity contribution < 1.29 is 18.9 Å². The number of hydrogen-bond donors (Lipinski definition) is 3. The van der Waals surface area contributed by atoms with Crippen molar-refractivity contribution in [3.8, 4) is 0 Å². The SMILES string of the molecule is Cn1ncc(NC(=O)c2cc([N+](=O)[O-])[nH]n2)c1C(=O)NCc1ccco1. The van der Waals surface area contributed by atoms with Crippen molar-refractivity contribution in [3.05, 3.63) is 57.9 Å². The van der Waals surface area contributed by atoms with E-state index < -0.39 is 22.6 Å². The smallest absolute Gasteiger partial charge is 0.343 e. The molecule has 0 spiro atoms. The zero-order chi connectivity index (χ0) is 18.7. The summed E-state index contributed by atoms with van der Waals surface area (Å²) in [4.78, 5) is 34.5. The van der Waals surface area contributed by atoms with Crippen molar-refractivity contribution in [2.24, 2.45) is 7.05 Å². The molecule has 0 fully saturated rings. The van der Waals surface area contributed by atoms with Gasteiger partial charge < -0.3 is 25.2 Å². The number of H-pyrrole nitrogens is 1. The number of anilines is 1. The molecular weight excluding hydrogens is 346 g/mol. The van der Waals surface area contributed by atoms with E-state index >= 15 is 0 Å². The lowest BCUT2D eigenvalue weighted by Gasteiger charge is -2.07. The average Bonchev–Trinajstić information content (AvgIpc) is 3.34. The fraction of sp³-hybridized carbons (Fsp3) is 0.143. The first-order valence-electron chi connectivity index (χ1n) is 7.29. The minimum atomic E-state index is -0.720. The maximum Gasteiger partial charge on any atom is 0.343 e. The molecule has 26 heavy (non-hydrogen) atoms. The van der Waals surface area contributed by atoms with Crippen LogP contribution in [-0.4, -0.2) is 36.7 Å². The molecular formula is C14H13N7O5. The Kier molecular flexibility index (Phi) is 4.47. The largest absolute Gasteiger partial charge is 0.467 e. The summed E-state index contributed by atoms with van der Waals surface area (Å²) in [6, 6.07) is 4.39. The molecule has 0 bridgehead atoms. The fourth-order valence-electron chi connectivity index (χ4n) is 2.17. The second kappa shape index (κ2) is 6.88. The third kappa shape index (κ3) is 3.43.